The standard InChI is InChI=1S/C14H19BrFNO/c1-3-5-6-10(4-2)14(18)17-11-7-8-13(16)12(15)9-11/h7-10H,3-6H2,1-2H3,(H,17,18). The van der Waals surface area contributed by atoms with Gasteiger partial charge < -0.3 is 5.32 Å². The fourth-order valence-corrected chi connectivity index (χ4v) is 2.17. The largest absolute Gasteiger partial charge is 0.326 e. The smallest absolute Gasteiger partial charge is 0.227 e. The van der Waals surface area contributed by atoms with Gasteiger partial charge in [-0.15, -0.1) is 0 Å². The molecule has 0 aliphatic rings. The Hall–Kier alpha value is -0.900. The molecule has 1 atom stereocenters. The van der Waals surface area contributed by atoms with E-state index in [2.05, 4.69) is 28.2 Å². The highest BCUT2D eigenvalue weighted by Gasteiger charge is 2.16. The van der Waals surface area contributed by atoms with Crippen molar-refractivity contribution in [1.82, 2.24) is 0 Å². The SMILES string of the molecule is CCCCC(CC)C(=O)Nc1ccc(F)c(Br)c1. The van der Waals surface area contributed by atoms with Crippen molar-refractivity contribution in [3.63, 3.8) is 0 Å². The van der Waals surface area contributed by atoms with E-state index in [0.717, 1.165) is 25.7 Å². The van der Waals surface area contributed by atoms with E-state index < -0.39 is 0 Å². The molecule has 0 bridgehead atoms. The van der Waals surface area contributed by atoms with Gasteiger partial charge in [0.05, 0.1) is 4.47 Å². The van der Waals surface area contributed by atoms with Crippen LogP contribution in [-0.4, -0.2) is 5.91 Å². The third-order valence-electron chi connectivity index (χ3n) is 2.96. The van der Waals surface area contributed by atoms with Crippen molar-refractivity contribution in [2.75, 3.05) is 5.32 Å². The van der Waals surface area contributed by atoms with Crippen LogP contribution in [0.2, 0.25) is 0 Å². The molecule has 0 saturated carbocycles. The first kappa shape index (κ1) is 15.2. The molecule has 0 spiro atoms. The summed E-state index contributed by atoms with van der Waals surface area (Å²) in [5, 5.41) is 2.83. The van der Waals surface area contributed by atoms with Crippen LogP contribution in [0.15, 0.2) is 22.7 Å². The first-order chi connectivity index (χ1) is 8.58. The van der Waals surface area contributed by atoms with E-state index in [1.165, 1.54) is 6.07 Å². The number of anilines is 1. The number of hydrogen-bond acceptors (Lipinski definition) is 1. The summed E-state index contributed by atoms with van der Waals surface area (Å²) < 4.78 is 13.4. The highest BCUT2D eigenvalue weighted by molar-refractivity contribution is 9.10. The molecule has 0 aliphatic carbocycles. The molecule has 4 heteroatoms. The van der Waals surface area contributed by atoms with E-state index in [4.69, 9.17) is 0 Å². The second-order valence-corrected chi connectivity index (χ2v) is 5.22. The van der Waals surface area contributed by atoms with E-state index in [1.807, 2.05) is 6.92 Å². The number of carbonyl (C=O) groups excluding carboxylic acids is 1. The first-order valence-corrected chi connectivity index (χ1v) is 7.13. The van der Waals surface area contributed by atoms with Crippen LogP contribution in [-0.2, 0) is 4.79 Å². The lowest BCUT2D eigenvalue weighted by molar-refractivity contribution is -0.120. The Morgan fingerprint density at radius 2 is 2.17 bits per heavy atom. The number of halogens is 2. The Labute approximate surface area is 116 Å². The van der Waals surface area contributed by atoms with E-state index in [9.17, 15) is 9.18 Å². The maximum Gasteiger partial charge on any atom is 0.227 e. The van der Waals surface area contributed by atoms with Gasteiger partial charge in [0.1, 0.15) is 5.82 Å². The molecule has 2 nitrogen and oxygen atoms in total. The van der Waals surface area contributed by atoms with Crippen LogP contribution < -0.4 is 5.32 Å². The van der Waals surface area contributed by atoms with Gasteiger partial charge in [0.2, 0.25) is 5.91 Å². The third-order valence-corrected chi connectivity index (χ3v) is 3.56. The molecule has 100 valence electrons. The zero-order valence-corrected chi connectivity index (χ0v) is 12.4. The van der Waals surface area contributed by atoms with Gasteiger partial charge in [-0.2, -0.15) is 0 Å². The lowest BCUT2D eigenvalue weighted by atomic mass is 9.98. The van der Waals surface area contributed by atoms with Gasteiger partial charge in [0, 0.05) is 11.6 Å². The molecular formula is C14H19BrFNO. The van der Waals surface area contributed by atoms with Crippen LogP contribution in [0.5, 0.6) is 0 Å². The Bertz CT molecular complexity index is 409. The zero-order chi connectivity index (χ0) is 13.5. The molecular weight excluding hydrogens is 297 g/mol. The number of hydrogen-bond donors (Lipinski definition) is 1. The minimum Gasteiger partial charge on any atom is -0.326 e. The first-order valence-electron chi connectivity index (χ1n) is 6.34. The van der Waals surface area contributed by atoms with E-state index in [-0.39, 0.29) is 17.6 Å². The zero-order valence-electron chi connectivity index (χ0n) is 10.8. The fourth-order valence-electron chi connectivity index (χ4n) is 1.79. The van der Waals surface area contributed by atoms with Crippen molar-refractivity contribution in [2.45, 2.75) is 39.5 Å². The van der Waals surface area contributed by atoms with Crippen LogP contribution >= 0.6 is 15.9 Å². The second kappa shape index (κ2) is 7.52. The summed E-state index contributed by atoms with van der Waals surface area (Å²) in [6, 6.07) is 4.50. The third kappa shape index (κ3) is 4.41. The summed E-state index contributed by atoms with van der Waals surface area (Å²) in [6.07, 6.45) is 3.88. The minimum absolute atomic E-state index is 0.0180. The average molecular weight is 316 g/mol. The van der Waals surface area contributed by atoms with E-state index in [0.29, 0.717) is 10.2 Å². The molecule has 0 saturated heterocycles. The predicted octanol–water partition coefficient (Wildman–Crippen LogP) is 4.74. The van der Waals surface area contributed by atoms with Crippen molar-refractivity contribution in [2.24, 2.45) is 5.92 Å². The molecule has 0 fully saturated rings. The van der Waals surface area contributed by atoms with Crippen molar-refractivity contribution >= 4 is 27.5 Å². The van der Waals surface area contributed by atoms with Gasteiger partial charge in [-0.05, 0) is 47.0 Å². The number of benzene rings is 1. The van der Waals surface area contributed by atoms with Gasteiger partial charge >= 0.3 is 0 Å². The lowest BCUT2D eigenvalue weighted by Gasteiger charge is -2.14. The molecule has 1 aromatic rings. The number of nitrogens with one attached hydrogen (secondary N) is 1. The molecule has 0 radical (unpaired) electrons. The Morgan fingerprint density at radius 3 is 2.72 bits per heavy atom. The van der Waals surface area contributed by atoms with E-state index >= 15 is 0 Å². The van der Waals surface area contributed by atoms with Crippen molar-refractivity contribution < 1.29 is 9.18 Å². The number of unbranched alkanes of at least 4 members (excludes halogenated alkanes) is 1. The van der Waals surface area contributed by atoms with Gasteiger partial charge in [-0.1, -0.05) is 26.7 Å². The van der Waals surface area contributed by atoms with Crippen molar-refractivity contribution in [1.29, 1.82) is 0 Å². The van der Waals surface area contributed by atoms with Crippen LogP contribution in [0, 0.1) is 11.7 Å². The highest BCUT2D eigenvalue weighted by Crippen LogP contribution is 2.21. The second-order valence-electron chi connectivity index (χ2n) is 4.37. The topological polar surface area (TPSA) is 29.1 Å². The van der Waals surface area contributed by atoms with Gasteiger partial charge in [-0.25, -0.2) is 4.39 Å². The summed E-state index contributed by atoms with van der Waals surface area (Å²) in [5.41, 5.74) is 0.628. The van der Waals surface area contributed by atoms with Gasteiger partial charge in [0.15, 0.2) is 0 Å². The van der Waals surface area contributed by atoms with E-state index in [1.54, 1.807) is 12.1 Å². The molecule has 18 heavy (non-hydrogen) atoms. The highest BCUT2D eigenvalue weighted by atomic mass is 79.9. The van der Waals surface area contributed by atoms with Crippen molar-refractivity contribution in [3.8, 4) is 0 Å². The molecule has 0 aliphatic heterocycles. The van der Waals surface area contributed by atoms with Crippen LogP contribution in [0.4, 0.5) is 10.1 Å². The summed E-state index contributed by atoms with van der Waals surface area (Å²) in [6.45, 7) is 4.13. The number of amides is 1. The quantitative estimate of drug-likeness (QED) is 0.807. The minimum atomic E-state index is -0.328. The molecule has 1 N–H and O–H groups in total. The average Bonchev–Trinajstić information content (AvgIpc) is 2.35. The Kier molecular flexibility index (Phi) is 6.33. The molecule has 1 aromatic carbocycles. The lowest BCUT2D eigenvalue weighted by Crippen LogP contribution is -2.22. The predicted molar refractivity (Wildman–Crippen MR) is 76.0 cm³/mol. The van der Waals surface area contributed by atoms with Crippen LogP contribution in [0.1, 0.15) is 39.5 Å². The monoisotopic (exact) mass is 315 g/mol. The number of rotatable bonds is 6. The van der Waals surface area contributed by atoms with Gasteiger partial charge in [0.25, 0.3) is 0 Å². The van der Waals surface area contributed by atoms with Gasteiger partial charge in [-0.3, -0.25) is 4.79 Å². The normalized spacial score (nSPS) is 12.2. The number of carbonyl (C=O) groups is 1. The molecule has 0 heterocycles. The summed E-state index contributed by atoms with van der Waals surface area (Å²) in [5.74, 6) is -0.274. The fraction of sp³-hybridized carbons (Fsp3) is 0.500. The summed E-state index contributed by atoms with van der Waals surface area (Å²) >= 11 is 3.11. The Morgan fingerprint density at radius 1 is 1.44 bits per heavy atom. The molecule has 1 amide bonds. The molecule has 1 unspecified atom stereocenters. The summed E-state index contributed by atoms with van der Waals surface area (Å²) in [4.78, 5) is 12.0. The van der Waals surface area contributed by atoms with Crippen molar-refractivity contribution in [3.05, 3.63) is 28.5 Å². The molecule has 1 rings (SSSR count). The maximum atomic E-state index is 13.1. The maximum absolute atomic E-state index is 13.1. The molecule has 0 aromatic heterocycles. The van der Waals surface area contributed by atoms with Crippen LogP contribution in [0.3, 0.4) is 0 Å². The summed E-state index contributed by atoms with van der Waals surface area (Å²) in [7, 11) is 0. The Balaban J connectivity index is 2.64. The van der Waals surface area contributed by atoms with Crippen LogP contribution in [0.25, 0.3) is 0 Å².